The molecule has 32 heavy (non-hydrogen) atoms. The van der Waals surface area contributed by atoms with Gasteiger partial charge in [0.2, 0.25) is 0 Å². The number of nitrogens with zero attached hydrogens (tertiary/aromatic N) is 2. The first kappa shape index (κ1) is 25.7. The largest absolute Gasteiger partial charge is 0.442 e. The van der Waals surface area contributed by atoms with Crippen molar-refractivity contribution in [1.29, 1.82) is 0 Å². The lowest BCUT2D eigenvalue weighted by atomic mass is 9.89. The lowest BCUT2D eigenvalue weighted by molar-refractivity contribution is 0.0133. The van der Waals surface area contributed by atoms with E-state index in [1.165, 1.54) is 10.6 Å². The number of ether oxygens (including phenoxy) is 1. The van der Waals surface area contributed by atoms with Crippen LogP contribution in [0.1, 0.15) is 88.1 Å². The summed E-state index contributed by atoms with van der Waals surface area (Å²) < 4.78 is 5.39. The summed E-state index contributed by atoms with van der Waals surface area (Å²) in [6.45, 7) is 11.1. The number of carbonyl (C=O) groups excluding carboxylic acids is 2. The van der Waals surface area contributed by atoms with E-state index in [1.54, 1.807) is 20.8 Å². The van der Waals surface area contributed by atoms with Gasteiger partial charge in [0.1, 0.15) is 5.60 Å². The molecule has 1 saturated heterocycles. The second kappa shape index (κ2) is 12.5. The maximum atomic E-state index is 12.7. The second-order valence-corrected chi connectivity index (χ2v) is 9.47. The highest BCUT2D eigenvalue weighted by atomic mass is 16.6. The fourth-order valence-electron chi connectivity index (χ4n) is 3.88. The lowest BCUT2D eigenvalue weighted by Gasteiger charge is -2.32. The van der Waals surface area contributed by atoms with Crippen molar-refractivity contribution >= 4 is 12.0 Å². The van der Waals surface area contributed by atoms with Gasteiger partial charge in [-0.25, -0.2) is 9.80 Å². The molecule has 176 valence electrons. The molecule has 0 atom stereocenters. The van der Waals surface area contributed by atoms with Crippen LogP contribution >= 0.6 is 0 Å². The van der Waals surface area contributed by atoms with Crippen LogP contribution < -0.4 is 5.43 Å². The molecule has 0 spiro atoms. The van der Waals surface area contributed by atoms with Crippen LogP contribution in [0.2, 0.25) is 0 Å². The molecule has 0 bridgehead atoms. The van der Waals surface area contributed by atoms with Crippen molar-refractivity contribution in [1.82, 2.24) is 15.3 Å². The van der Waals surface area contributed by atoms with Gasteiger partial charge in [0.05, 0.1) is 0 Å². The van der Waals surface area contributed by atoms with Crippen molar-refractivity contribution in [3.8, 4) is 12.3 Å². The summed E-state index contributed by atoms with van der Waals surface area (Å²) in [5.41, 5.74) is 3.87. The summed E-state index contributed by atoms with van der Waals surface area (Å²) >= 11 is 0. The van der Waals surface area contributed by atoms with Crippen LogP contribution in [0.25, 0.3) is 0 Å². The van der Waals surface area contributed by atoms with Crippen molar-refractivity contribution < 1.29 is 14.3 Å². The van der Waals surface area contributed by atoms with Gasteiger partial charge in [-0.2, -0.15) is 0 Å². The van der Waals surface area contributed by atoms with Crippen molar-refractivity contribution in [3.63, 3.8) is 0 Å². The summed E-state index contributed by atoms with van der Waals surface area (Å²) in [5.74, 6) is 2.92. The number of terminal acetylenes is 1. The lowest BCUT2D eigenvalue weighted by Crippen LogP contribution is -2.48. The zero-order valence-electron chi connectivity index (χ0n) is 20.2. The molecule has 6 heteroatoms. The fraction of sp³-hybridized carbons (Fsp3) is 0.615. The summed E-state index contributed by atoms with van der Waals surface area (Å²) in [7, 11) is 0. The number of piperidine rings is 1. The van der Waals surface area contributed by atoms with Crippen LogP contribution in [-0.4, -0.2) is 53.7 Å². The zero-order chi connectivity index (χ0) is 23.6. The molecule has 6 nitrogen and oxygen atoms in total. The van der Waals surface area contributed by atoms with Gasteiger partial charge >= 0.3 is 6.09 Å². The molecule has 1 heterocycles. The monoisotopic (exact) mass is 441 g/mol. The minimum Gasteiger partial charge on any atom is -0.442 e. The van der Waals surface area contributed by atoms with Gasteiger partial charge in [-0.05, 0) is 96.1 Å². The highest BCUT2D eigenvalue weighted by Crippen LogP contribution is 2.28. The first-order valence-corrected chi connectivity index (χ1v) is 11.8. The number of hydrazine groups is 1. The van der Waals surface area contributed by atoms with E-state index in [-0.39, 0.29) is 5.91 Å². The molecule has 2 rings (SSSR count). The standard InChI is InChI=1S/C26H39N3O3/c1-6-8-9-10-18-28-19-15-22(16-20-28)21-11-13-23(14-12-21)24(30)27-29(17-7-2)25(31)32-26(3,4)5/h1,11-14,22H,7-10,15-20H2,2-5H3,(H,27,30). The van der Waals surface area contributed by atoms with Crippen LogP contribution in [0.5, 0.6) is 0 Å². The predicted molar refractivity (Wildman–Crippen MR) is 128 cm³/mol. The third-order valence-electron chi connectivity index (χ3n) is 5.57. The maximum Gasteiger partial charge on any atom is 0.429 e. The highest BCUT2D eigenvalue weighted by molar-refractivity contribution is 5.95. The van der Waals surface area contributed by atoms with E-state index >= 15 is 0 Å². The van der Waals surface area contributed by atoms with Gasteiger partial charge in [0.25, 0.3) is 5.91 Å². The number of likely N-dealkylation sites (tertiary alicyclic amines) is 1. The van der Waals surface area contributed by atoms with Crippen molar-refractivity contribution in [2.24, 2.45) is 0 Å². The number of carbonyl (C=O) groups is 2. The molecule has 1 N–H and O–H groups in total. The predicted octanol–water partition coefficient (Wildman–Crippen LogP) is 4.96. The number of hydrogen-bond acceptors (Lipinski definition) is 4. The molecule has 1 aliphatic rings. The van der Waals surface area contributed by atoms with Crippen LogP contribution in [0.4, 0.5) is 4.79 Å². The van der Waals surface area contributed by atoms with E-state index in [0.29, 0.717) is 24.4 Å². The summed E-state index contributed by atoms with van der Waals surface area (Å²) in [6, 6.07) is 7.77. The van der Waals surface area contributed by atoms with E-state index in [0.717, 1.165) is 51.7 Å². The first-order chi connectivity index (χ1) is 15.2. The molecule has 1 aromatic carbocycles. The molecular formula is C26H39N3O3. The minimum absolute atomic E-state index is 0.308. The third-order valence-corrected chi connectivity index (χ3v) is 5.57. The zero-order valence-corrected chi connectivity index (χ0v) is 20.2. The minimum atomic E-state index is -0.618. The van der Waals surface area contributed by atoms with Gasteiger partial charge in [-0.15, -0.1) is 12.3 Å². The van der Waals surface area contributed by atoms with Crippen LogP contribution in [0.15, 0.2) is 24.3 Å². The molecule has 0 unspecified atom stereocenters. The number of nitrogens with one attached hydrogen (secondary N) is 1. The van der Waals surface area contributed by atoms with Crippen molar-refractivity contribution in [3.05, 3.63) is 35.4 Å². The summed E-state index contributed by atoms with van der Waals surface area (Å²) in [4.78, 5) is 27.6. The number of hydrogen-bond donors (Lipinski definition) is 1. The number of benzene rings is 1. The van der Waals surface area contributed by atoms with E-state index < -0.39 is 11.7 Å². The van der Waals surface area contributed by atoms with Gasteiger partial charge < -0.3 is 9.64 Å². The fourth-order valence-corrected chi connectivity index (χ4v) is 3.88. The Labute approximate surface area is 193 Å². The van der Waals surface area contributed by atoms with E-state index in [9.17, 15) is 9.59 Å². The van der Waals surface area contributed by atoms with Gasteiger partial charge in [0.15, 0.2) is 0 Å². The normalized spacial score (nSPS) is 15.1. The molecule has 0 aliphatic carbocycles. The Morgan fingerprint density at radius 3 is 2.41 bits per heavy atom. The molecule has 1 aromatic rings. The Balaban J connectivity index is 1.88. The molecular weight excluding hydrogens is 402 g/mol. The average molecular weight is 442 g/mol. The number of unbranched alkanes of at least 4 members (excludes halogenated alkanes) is 2. The Hall–Kier alpha value is -2.52. The SMILES string of the molecule is C#CCCCCN1CCC(c2ccc(C(=O)NN(CCC)C(=O)OC(C)(C)C)cc2)CC1. The average Bonchev–Trinajstić information content (AvgIpc) is 2.76. The second-order valence-electron chi connectivity index (χ2n) is 9.47. The first-order valence-electron chi connectivity index (χ1n) is 11.8. The molecule has 1 fully saturated rings. The van der Waals surface area contributed by atoms with E-state index in [2.05, 4.69) is 16.2 Å². The highest BCUT2D eigenvalue weighted by Gasteiger charge is 2.24. The Kier molecular flexibility index (Phi) is 10.1. The quantitative estimate of drug-likeness (QED) is 0.352. The smallest absolute Gasteiger partial charge is 0.429 e. The van der Waals surface area contributed by atoms with Crippen LogP contribution in [0, 0.1) is 12.3 Å². The van der Waals surface area contributed by atoms with Crippen LogP contribution in [-0.2, 0) is 4.74 Å². The third kappa shape index (κ3) is 8.55. The molecule has 0 saturated carbocycles. The number of amides is 2. The summed E-state index contributed by atoms with van der Waals surface area (Å²) in [6.07, 6.45) is 10.9. The molecule has 2 amide bonds. The van der Waals surface area contributed by atoms with E-state index in [1.807, 2.05) is 31.2 Å². The van der Waals surface area contributed by atoms with Crippen molar-refractivity contribution in [2.75, 3.05) is 26.2 Å². The van der Waals surface area contributed by atoms with Crippen LogP contribution in [0.3, 0.4) is 0 Å². The van der Waals surface area contributed by atoms with Crippen molar-refractivity contribution in [2.45, 2.75) is 77.7 Å². The summed E-state index contributed by atoms with van der Waals surface area (Å²) in [5, 5.41) is 1.25. The Bertz CT molecular complexity index is 769. The van der Waals surface area contributed by atoms with Gasteiger partial charge in [0, 0.05) is 18.5 Å². The Morgan fingerprint density at radius 2 is 1.84 bits per heavy atom. The number of rotatable bonds is 8. The topological polar surface area (TPSA) is 61.9 Å². The molecule has 0 aromatic heterocycles. The van der Waals surface area contributed by atoms with E-state index in [4.69, 9.17) is 11.2 Å². The molecule has 1 aliphatic heterocycles. The molecule has 0 radical (unpaired) electrons. The Morgan fingerprint density at radius 1 is 1.19 bits per heavy atom. The van der Waals surface area contributed by atoms with Gasteiger partial charge in [-0.1, -0.05) is 19.1 Å². The maximum absolute atomic E-state index is 12.7. The van der Waals surface area contributed by atoms with Gasteiger partial charge in [-0.3, -0.25) is 10.2 Å².